The SMILES string of the molecule is c1ccc(-n2c3c(c4ccccc42)-c2c(n(-c4cccc5c(-n6c7ccccc7c7c8c9ccccc9n(-c9ccccc9)c8ccc76)cccc45)c4ccccc24)CC3)cc1. The Hall–Kier alpha value is -8.08. The van der Waals surface area contributed by atoms with E-state index in [0.29, 0.717) is 0 Å². The van der Waals surface area contributed by atoms with Crippen molar-refractivity contribution in [3.8, 4) is 33.9 Å². The van der Waals surface area contributed by atoms with E-state index < -0.39 is 0 Å². The molecule has 4 aromatic heterocycles. The van der Waals surface area contributed by atoms with Crippen LogP contribution in [-0.4, -0.2) is 18.3 Å². The molecule has 4 nitrogen and oxygen atoms in total. The minimum Gasteiger partial charge on any atom is -0.313 e. The van der Waals surface area contributed by atoms with Crippen molar-refractivity contribution in [1.29, 1.82) is 0 Å². The maximum absolute atomic E-state index is 2.59. The number of benzene rings is 9. The third-order valence-electron chi connectivity index (χ3n) is 13.7. The summed E-state index contributed by atoms with van der Waals surface area (Å²) in [5, 5.41) is 10.2. The molecule has 0 spiro atoms. The Balaban J connectivity index is 1.03. The number of aromatic nitrogens is 4. The summed E-state index contributed by atoms with van der Waals surface area (Å²) in [7, 11) is 0. The molecule has 0 unspecified atom stereocenters. The van der Waals surface area contributed by atoms with E-state index in [1.807, 2.05) is 0 Å². The van der Waals surface area contributed by atoms with Crippen LogP contribution in [0, 0.1) is 0 Å². The van der Waals surface area contributed by atoms with Gasteiger partial charge in [0.15, 0.2) is 0 Å². The van der Waals surface area contributed by atoms with E-state index >= 15 is 0 Å². The lowest BCUT2D eigenvalue weighted by Gasteiger charge is -2.21. The van der Waals surface area contributed by atoms with Gasteiger partial charge >= 0.3 is 0 Å². The Bertz CT molecular complexity index is 3970. The molecule has 1 aliphatic carbocycles. The molecule has 0 bridgehead atoms. The van der Waals surface area contributed by atoms with Crippen molar-refractivity contribution in [3.05, 3.63) is 218 Å². The molecule has 4 heterocycles. The van der Waals surface area contributed by atoms with Crippen LogP contribution >= 0.6 is 0 Å². The van der Waals surface area contributed by atoms with Gasteiger partial charge in [0.25, 0.3) is 0 Å². The van der Waals surface area contributed by atoms with E-state index in [1.165, 1.54) is 121 Å². The first-order valence-electron chi connectivity index (χ1n) is 21.7. The highest BCUT2D eigenvalue weighted by atomic mass is 15.0. The number of hydrogen-bond donors (Lipinski definition) is 0. The van der Waals surface area contributed by atoms with Crippen molar-refractivity contribution in [2.75, 3.05) is 0 Å². The summed E-state index contributed by atoms with van der Waals surface area (Å²) < 4.78 is 10.0. The van der Waals surface area contributed by atoms with E-state index in [2.05, 4.69) is 225 Å². The number of para-hydroxylation sites is 6. The van der Waals surface area contributed by atoms with Gasteiger partial charge in [0.1, 0.15) is 0 Å². The van der Waals surface area contributed by atoms with Crippen LogP contribution in [0.25, 0.3) is 110 Å². The smallest absolute Gasteiger partial charge is 0.0549 e. The van der Waals surface area contributed by atoms with Gasteiger partial charge in [-0.05, 0) is 85.6 Å². The van der Waals surface area contributed by atoms with Crippen LogP contribution in [0.1, 0.15) is 11.4 Å². The molecule has 0 radical (unpaired) electrons. The minimum atomic E-state index is 0.940. The maximum Gasteiger partial charge on any atom is 0.0549 e. The molecule has 62 heavy (non-hydrogen) atoms. The summed E-state index contributed by atoms with van der Waals surface area (Å²) in [5.41, 5.74) is 17.6. The Morgan fingerprint density at radius 2 is 0.613 bits per heavy atom. The molecule has 0 fully saturated rings. The molecular formula is C58H38N4. The van der Waals surface area contributed by atoms with E-state index in [0.717, 1.165) is 12.8 Å². The maximum atomic E-state index is 2.59. The number of nitrogens with zero attached hydrogens (tertiary/aromatic N) is 4. The van der Waals surface area contributed by atoms with Gasteiger partial charge in [-0.2, -0.15) is 0 Å². The van der Waals surface area contributed by atoms with Gasteiger partial charge in [0.2, 0.25) is 0 Å². The van der Waals surface area contributed by atoms with Crippen molar-refractivity contribution in [3.63, 3.8) is 0 Å². The number of fused-ring (bicyclic) bond motifs is 15. The molecule has 13 aromatic rings. The Kier molecular flexibility index (Phi) is 6.92. The average molecular weight is 791 g/mol. The molecule has 0 aliphatic heterocycles. The van der Waals surface area contributed by atoms with Crippen molar-refractivity contribution < 1.29 is 0 Å². The molecule has 0 saturated carbocycles. The molecular weight excluding hydrogens is 753 g/mol. The zero-order valence-corrected chi connectivity index (χ0v) is 33.8. The quantitative estimate of drug-likeness (QED) is 0.169. The van der Waals surface area contributed by atoms with Crippen LogP contribution < -0.4 is 0 Å². The van der Waals surface area contributed by atoms with E-state index in [1.54, 1.807) is 0 Å². The Morgan fingerprint density at radius 1 is 0.242 bits per heavy atom. The van der Waals surface area contributed by atoms with Crippen LogP contribution in [0.4, 0.5) is 0 Å². The predicted octanol–water partition coefficient (Wildman–Crippen LogP) is 14.7. The molecule has 0 saturated heterocycles. The zero-order valence-electron chi connectivity index (χ0n) is 33.8. The zero-order chi connectivity index (χ0) is 40.5. The third-order valence-corrected chi connectivity index (χ3v) is 13.7. The van der Waals surface area contributed by atoms with Crippen molar-refractivity contribution in [2.45, 2.75) is 12.8 Å². The lowest BCUT2D eigenvalue weighted by Crippen LogP contribution is -2.11. The van der Waals surface area contributed by atoms with E-state index in [4.69, 9.17) is 0 Å². The first-order valence-corrected chi connectivity index (χ1v) is 21.7. The highest BCUT2D eigenvalue weighted by Crippen LogP contribution is 2.49. The van der Waals surface area contributed by atoms with Gasteiger partial charge < -0.3 is 18.3 Å². The van der Waals surface area contributed by atoms with Crippen molar-refractivity contribution in [2.24, 2.45) is 0 Å². The van der Waals surface area contributed by atoms with Crippen LogP contribution in [0.2, 0.25) is 0 Å². The van der Waals surface area contributed by atoms with Gasteiger partial charge in [-0.1, -0.05) is 133 Å². The predicted molar refractivity (Wildman–Crippen MR) is 259 cm³/mol. The van der Waals surface area contributed by atoms with E-state index in [-0.39, 0.29) is 0 Å². The summed E-state index contributed by atoms with van der Waals surface area (Å²) in [4.78, 5) is 0. The van der Waals surface area contributed by atoms with Crippen LogP contribution in [0.5, 0.6) is 0 Å². The second-order valence-electron chi connectivity index (χ2n) is 16.7. The average Bonchev–Trinajstić information content (AvgIpc) is 4.06. The Morgan fingerprint density at radius 3 is 1.16 bits per heavy atom. The second kappa shape index (κ2) is 12.7. The second-order valence-corrected chi connectivity index (χ2v) is 16.7. The summed E-state index contributed by atoms with van der Waals surface area (Å²) in [6, 6.07) is 76.0. The largest absolute Gasteiger partial charge is 0.313 e. The molecule has 0 atom stereocenters. The lowest BCUT2D eigenvalue weighted by molar-refractivity contribution is 0.823. The van der Waals surface area contributed by atoms with Crippen LogP contribution in [0.3, 0.4) is 0 Å². The van der Waals surface area contributed by atoms with Crippen molar-refractivity contribution in [1.82, 2.24) is 18.3 Å². The first-order chi connectivity index (χ1) is 30.8. The summed E-state index contributed by atoms with van der Waals surface area (Å²) in [6.07, 6.45) is 1.89. The number of rotatable bonds is 4. The summed E-state index contributed by atoms with van der Waals surface area (Å²) in [6.45, 7) is 0. The molecule has 4 heteroatoms. The summed E-state index contributed by atoms with van der Waals surface area (Å²) >= 11 is 0. The van der Waals surface area contributed by atoms with Crippen LogP contribution in [-0.2, 0) is 12.8 Å². The molecule has 1 aliphatic rings. The van der Waals surface area contributed by atoms with Gasteiger partial charge in [0.05, 0.1) is 44.5 Å². The fourth-order valence-corrected chi connectivity index (χ4v) is 11.3. The fraction of sp³-hybridized carbons (Fsp3) is 0.0345. The molecule has 9 aromatic carbocycles. The van der Waals surface area contributed by atoms with Gasteiger partial charge in [-0.3, -0.25) is 0 Å². The fourth-order valence-electron chi connectivity index (χ4n) is 11.3. The molecule has 290 valence electrons. The highest BCUT2D eigenvalue weighted by Gasteiger charge is 2.31. The first kappa shape index (κ1) is 33.7. The molecule has 0 N–H and O–H groups in total. The standard InChI is InChI=1S/C58H38N4/c1-3-17-37(18-4-1)59-47-27-11-7-21-41(47)55-51(59)33-35-53-57(55)43-23-9-13-29-49(43)61(53)45-31-15-26-40-39(45)25-16-32-46(40)62-50-30-14-10-24-44(50)58-54(62)36-34-52-56(58)42-22-8-12-28-48(42)60(52)38-19-5-2-6-20-38/h1-33,35H,34,36H2. The van der Waals surface area contributed by atoms with Crippen molar-refractivity contribution >= 4 is 76.2 Å². The van der Waals surface area contributed by atoms with E-state index in [9.17, 15) is 0 Å². The third kappa shape index (κ3) is 4.45. The monoisotopic (exact) mass is 790 g/mol. The van der Waals surface area contributed by atoms with Gasteiger partial charge in [-0.15, -0.1) is 0 Å². The van der Waals surface area contributed by atoms with Crippen LogP contribution in [0.15, 0.2) is 206 Å². The molecule has 0 amide bonds. The lowest BCUT2D eigenvalue weighted by atomic mass is 9.91. The molecule has 14 rings (SSSR count). The van der Waals surface area contributed by atoms with Gasteiger partial charge in [0, 0.05) is 77.0 Å². The highest BCUT2D eigenvalue weighted by molar-refractivity contribution is 6.29. The Labute approximate surface area is 357 Å². The van der Waals surface area contributed by atoms with Gasteiger partial charge in [-0.25, -0.2) is 0 Å². The number of hydrogen-bond acceptors (Lipinski definition) is 0. The normalized spacial score (nSPS) is 12.7. The topological polar surface area (TPSA) is 19.7 Å². The summed E-state index contributed by atoms with van der Waals surface area (Å²) in [5.74, 6) is 0. The minimum absolute atomic E-state index is 0.940.